The summed E-state index contributed by atoms with van der Waals surface area (Å²) in [6.45, 7) is 1.47. The summed E-state index contributed by atoms with van der Waals surface area (Å²) in [7, 11) is 3.15. The lowest BCUT2D eigenvalue weighted by Gasteiger charge is -2.32. The molecule has 0 saturated carbocycles. The molecule has 0 radical (unpaired) electrons. The Morgan fingerprint density at radius 1 is 1.19 bits per heavy atom. The smallest absolute Gasteiger partial charge is 0.417 e. The number of nitrogens with zero attached hydrogens (tertiary/aromatic N) is 2. The van der Waals surface area contributed by atoms with Gasteiger partial charge in [0.15, 0.2) is 11.5 Å². The van der Waals surface area contributed by atoms with Crippen LogP contribution in [0.4, 0.5) is 19.0 Å². The fourth-order valence-electron chi connectivity index (χ4n) is 3.68. The van der Waals surface area contributed by atoms with Gasteiger partial charge in [-0.3, -0.25) is 4.79 Å². The van der Waals surface area contributed by atoms with Gasteiger partial charge < -0.3 is 19.7 Å². The number of alkyl halides is 3. The second kappa shape index (κ2) is 10.3. The maximum absolute atomic E-state index is 12.8. The first-order valence-electron chi connectivity index (χ1n) is 10.2. The van der Waals surface area contributed by atoms with E-state index in [0.29, 0.717) is 56.2 Å². The Hall–Kier alpha value is -2.68. The monoisotopic (exact) mass is 471 g/mol. The highest BCUT2D eigenvalue weighted by Crippen LogP contribution is 2.34. The number of piperidine rings is 1. The van der Waals surface area contributed by atoms with Crippen molar-refractivity contribution in [3.05, 3.63) is 46.6 Å². The van der Waals surface area contributed by atoms with Gasteiger partial charge in [0.05, 0.1) is 24.8 Å². The number of hydrogen-bond acceptors (Lipinski definition) is 5. The molecule has 2 aromatic rings. The molecule has 32 heavy (non-hydrogen) atoms. The van der Waals surface area contributed by atoms with Crippen LogP contribution in [0.2, 0.25) is 5.02 Å². The largest absolute Gasteiger partial charge is 0.493 e. The molecule has 3 rings (SSSR count). The normalized spacial score (nSPS) is 14.9. The Morgan fingerprint density at radius 2 is 1.88 bits per heavy atom. The summed E-state index contributed by atoms with van der Waals surface area (Å²) in [6, 6.07) is 6.51. The Morgan fingerprint density at radius 3 is 2.47 bits per heavy atom. The van der Waals surface area contributed by atoms with E-state index in [-0.39, 0.29) is 16.8 Å². The van der Waals surface area contributed by atoms with Gasteiger partial charge in [-0.1, -0.05) is 17.7 Å². The molecular weight excluding hydrogens is 447 g/mol. The van der Waals surface area contributed by atoms with Crippen molar-refractivity contribution in [2.45, 2.75) is 25.4 Å². The third-order valence-corrected chi connectivity index (χ3v) is 5.75. The van der Waals surface area contributed by atoms with Gasteiger partial charge in [-0.15, -0.1) is 0 Å². The Balaban J connectivity index is 1.49. The van der Waals surface area contributed by atoms with Crippen LogP contribution in [0.5, 0.6) is 11.5 Å². The first-order valence-corrected chi connectivity index (χ1v) is 10.6. The minimum Gasteiger partial charge on any atom is -0.493 e. The van der Waals surface area contributed by atoms with Gasteiger partial charge in [0, 0.05) is 31.7 Å². The van der Waals surface area contributed by atoms with Crippen LogP contribution in [0, 0.1) is 5.92 Å². The van der Waals surface area contributed by atoms with Crippen LogP contribution in [0.1, 0.15) is 24.0 Å². The zero-order valence-electron chi connectivity index (χ0n) is 17.8. The van der Waals surface area contributed by atoms with E-state index < -0.39 is 11.7 Å². The van der Waals surface area contributed by atoms with Crippen molar-refractivity contribution < 1.29 is 27.4 Å². The molecule has 1 aliphatic rings. The van der Waals surface area contributed by atoms with Crippen LogP contribution >= 0.6 is 11.6 Å². The molecule has 0 aliphatic carbocycles. The number of aromatic nitrogens is 1. The lowest BCUT2D eigenvalue weighted by atomic mass is 9.95. The van der Waals surface area contributed by atoms with E-state index in [0.717, 1.165) is 17.8 Å². The highest BCUT2D eigenvalue weighted by atomic mass is 35.5. The molecule has 6 nitrogen and oxygen atoms in total. The number of anilines is 1. The fraction of sp³-hybridized carbons (Fsp3) is 0.455. The third kappa shape index (κ3) is 5.76. The molecule has 1 aromatic carbocycles. The minimum absolute atomic E-state index is 0.0309. The Labute approximate surface area is 189 Å². The molecule has 1 amide bonds. The SMILES string of the molecule is COc1ccc(CCNC(=O)C2CCN(c3ncc(C(F)(F)F)cc3Cl)CC2)cc1OC. The number of nitrogens with one attached hydrogen (secondary N) is 1. The number of carbonyl (C=O) groups is 1. The standard InChI is InChI=1S/C22H25ClF3N3O3/c1-31-18-4-3-14(11-19(18)32-2)5-8-27-21(30)15-6-9-29(10-7-15)20-17(23)12-16(13-28-20)22(24,25)26/h3-4,11-13,15H,5-10H2,1-2H3,(H,27,30). The molecule has 0 unspecified atom stereocenters. The van der Waals surface area contributed by atoms with Gasteiger partial charge in [-0.25, -0.2) is 4.98 Å². The number of ether oxygens (including phenoxy) is 2. The topological polar surface area (TPSA) is 63.7 Å². The van der Waals surface area contributed by atoms with E-state index in [4.69, 9.17) is 21.1 Å². The van der Waals surface area contributed by atoms with Gasteiger partial charge in [-0.05, 0) is 43.0 Å². The maximum Gasteiger partial charge on any atom is 0.417 e. The van der Waals surface area contributed by atoms with Crippen molar-refractivity contribution in [3.8, 4) is 11.5 Å². The highest BCUT2D eigenvalue weighted by molar-refractivity contribution is 6.33. The molecule has 1 fully saturated rings. The van der Waals surface area contributed by atoms with Gasteiger partial charge in [0.1, 0.15) is 5.82 Å². The van der Waals surface area contributed by atoms with Crippen molar-refractivity contribution in [1.82, 2.24) is 10.3 Å². The van der Waals surface area contributed by atoms with E-state index in [1.807, 2.05) is 23.1 Å². The molecule has 1 N–H and O–H groups in total. The average Bonchev–Trinajstić information content (AvgIpc) is 2.78. The van der Waals surface area contributed by atoms with E-state index in [2.05, 4.69) is 10.3 Å². The molecule has 10 heteroatoms. The summed E-state index contributed by atoms with van der Waals surface area (Å²) < 4.78 is 48.9. The first-order chi connectivity index (χ1) is 15.2. The molecule has 2 heterocycles. The van der Waals surface area contributed by atoms with Crippen LogP contribution in [0.25, 0.3) is 0 Å². The minimum atomic E-state index is -4.49. The number of halogens is 4. The van der Waals surface area contributed by atoms with E-state index in [1.165, 1.54) is 0 Å². The summed E-state index contributed by atoms with van der Waals surface area (Å²) in [6.07, 6.45) is -1.91. The number of carbonyl (C=O) groups excluding carboxylic acids is 1. The predicted molar refractivity (Wildman–Crippen MR) is 115 cm³/mol. The maximum atomic E-state index is 12.8. The molecule has 1 saturated heterocycles. The predicted octanol–water partition coefficient (Wildman–Crippen LogP) is 4.35. The summed E-state index contributed by atoms with van der Waals surface area (Å²) in [5, 5.41) is 2.92. The Kier molecular flexibility index (Phi) is 7.71. The molecule has 1 aromatic heterocycles. The van der Waals surface area contributed by atoms with Gasteiger partial charge >= 0.3 is 6.18 Å². The zero-order valence-corrected chi connectivity index (χ0v) is 18.6. The van der Waals surface area contributed by atoms with Crippen LogP contribution in [0.15, 0.2) is 30.5 Å². The average molecular weight is 472 g/mol. The summed E-state index contributed by atoms with van der Waals surface area (Å²) in [4.78, 5) is 18.3. The second-order valence-corrected chi connectivity index (χ2v) is 7.93. The number of methoxy groups -OCH3 is 2. The summed E-state index contributed by atoms with van der Waals surface area (Å²) in [5.74, 6) is 1.40. The number of amides is 1. The van der Waals surface area contributed by atoms with Crippen molar-refractivity contribution in [2.24, 2.45) is 5.92 Å². The molecule has 0 atom stereocenters. The Bertz CT molecular complexity index is 948. The number of hydrogen-bond donors (Lipinski definition) is 1. The van der Waals surface area contributed by atoms with E-state index >= 15 is 0 Å². The number of rotatable bonds is 7. The zero-order chi connectivity index (χ0) is 23.3. The molecule has 174 valence electrons. The molecule has 0 spiro atoms. The van der Waals surface area contributed by atoms with Gasteiger partial charge in [0.2, 0.25) is 5.91 Å². The van der Waals surface area contributed by atoms with E-state index in [9.17, 15) is 18.0 Å². The van der Waals surface area contributed by atoms with Crippen LogP contribution in [-0.4, -0.2) is 44.7 Å². The van der Waals surface area contributed by atoms with Crippen molar-refractivity contribution in [2.75, 3.05) is 38.8 Å². The van der Waals surface area contributed by atoms with Gasteiger partial charge in [-0.2, -0.15) is 13.2 Å². The first kappa shape index (κ1) is 24.0. The van der Waals surface area contributed by atoms with E-state index in [1.54, 1.807) is 14.2 Å². The van der Waals surface area contributed by atoms with Crippen molar-refractivity contribution in [3.63, 3.8) is 0 Å². The molecule has 0 bridgehead atoms. The second-order valence-electron chi connectivity index (χ2n) is 7.52. The molecular formula is C22H25ClF3N3O3. The fourth-order valence-corrected chi connectivity index (χ4v) is 3.97. The number of benzene rings is 1. The quantitative estimate of drug-likeness (QED) is 0.650. The molecule has 1 aliphatic heterocycles. The third-order valence-electron chi connectivity index (χ3n) is 5.48. The lowest BCUT2D eigenvalue weighted by molar-refractivity contribution is -0.137. The van der Waals surface area contributed by atoms with Crippen LogP contribution in [0.3, 0.4) is 0 Å². The van der Waals surface area contributed by atoms with Crippen molar-refractivity contribution in [1.29, 1.82) is 0 Å². The summed E-state index contributed by atoms with van der Waals surface area (Å²) in [5.41, 5.74) is 0.135. The van der Waals surface area contributed by atoms with Gasteiger partial charge in [0.25, 0.3) is 0 Å². The number of pyridine rings is 1. The van der Waals surface area contributed by atoms with Crippen LogP contribution in [-0.2, 0) is 17.4 Å². The van der Waals surface area contributed by atoms with Crippen molar-refractivity contribution >= 4 is 23.3 Å². The summed E-state index contributed by atoms with van der Waals surface area (Å²) >= 11 is 6.03. The lowest BCUT2D eigenvalue weighted by Crippen LogP contribution is -2.41. The van der Waals surface area contributed by atoms with Crippen LogP contribution < -0.4 is 19.7 Å². The highest BCUT2D eigenvalue weighted by Gasteiger charge is 2.33.